The summed E-state index contributed by atoms with van der Waals surface area (Å²) in [5, 5.41) is 3.66. The molecule has 1 aliphatic rings. The molecule has 0 saturated carbocycles. The van der Waals surface area contributed by atoms with Gasteiger partial charge in [0.1, 0.15) is 0 Å². The number of hydrogen-bond acceptors (Lipinski definition) is 2. The van der Waals surface area contributed by atoms with Crippen LogP contribution in [0.15, 0.2) is 57.5 Å². The number of para-hydroxylation sites is 1. The smallest absolute Gasteiger partial charge is 0.0486 e. The van der Waals surface area contributed by atoms with E-state index in [1.165, 1.54) is 24.1 Å². The number of anilines is 1. The van der Waals surface area contributed by atoms with Gasteiger partial charge in [0, 0.05) is 40.3 Å². The lowest BCUT2D eigenvalue weighted by Gasteiger charge is -2.33. The summed E-state index contributed by atoms with van der Waals surface area (Å²) in [5.74, 6) is 0. The summed E-state index contributed by atoms with van der Waals surface area (Å²) >= 11 is 7.10. The number of rotatable bonds is 4. The van der Waals surface area contributed by atoms with Crippen molar-refractivity contribution in [3.05, 3.63) is 63.0 Å². The lowest BCUT2D eigenvalue weighted by atomic mass is 10.0. The van der Waals surface area contributed by atoms with Crippen LogP contribution in [0, 0.1) is 0 Å². The van der Waals surface area contributed by atoms with E-state index in [2.05, 4.69) is 90.6 Å². The molecule has 2 nitrogen and oxygen atoms in total. The zero-order chi connectivity index (χ0) is 15.4. The largest absolute Gasteiger partial charge is 0.381 e. The number of likely N-dealkylation sites (tertiary alicyclic amines) is 1. The van der Waals surface area contributed by atoms with E-state index in [9.17, 15) is 0 Å². The van der Waals surface area contributed by atoms with E-state index in [1.54, 1.807) is 0 Å². The fraction of sp³-hybridized carbons (Fsp3) is 0.333. The highest BCUT2D eigenvalue weighted by Crippen LogP contribution is 2.25. The fourth-order valence-electron chi connectivity index (χ4n) is 2.88. The van der Waals surface area contributed by atoms with Crippen LogP contribution < -0.4 is 5.32 Å². The summed E-state index contributed by atoms with van der Waals surface area (Å²) < 4.78 is 2.29. The van der Waals surface area contributed by atoms with E-state index in [4.69, 9.17) is 0 Å². The highest BCUT2D eigenvalue weighted by atomic mass is 79.9. The van der Waals surface area contributed by atoms with Gasteiger partial charge in [0.2, 0.25) is 0 Å². The Bertz CT molecular complexity index is 605. The van der Waals surface area contributed by atoms with Gasteiger partial charge in [-0.15, -0.1) is 0 Å². The third kappa shape index (κ3) is 4.34. The zero-order valence-corrected chi connectivity index (χ0v) is 15.6. The minimum atomic E-state index is 0.569. The van der Waals surface area contributed by atoms with Crippen molar-refractivity contribution in [1.82, 2.24) is 4.90 Å². The van der Waals surface area contributed by atoms with Crippen molar-refractivity contribution in [2.75, 3.05) is 18.4 Å². The number of piperidine rings is 1. The van der Waals surface area contributed by atoms with Crippen LogP contribution in [0.5, 0.6) is 0 Å². The Morgan fingerprint density at radius 3 is 2.32 bits per heavy atom. The molecule has 2 aromatic rings. The molecule has 2 aromatic carbocycles. The molecule has 4 heteroatoms. The summed E-state index contributed by atoms with van der Waals surface area (Å²) in [6.45, 7) is 3.35. The zero-order valence-electron chi connectivity index (χ0n) is 12.4. The Balaban J connectivity index is 1.50. The SMILES string of the molecule is Brc1ccc(CN2CCC(Nc3ccccc3Br)CC2)cc1. The van der Waals surface area contributed by atoms with Crippen LogP contribution in [0.1, 0.15) is 18.4 Å². The molecule has 0 atom stereocenters. The molecule has 22 heavy (non-hydrogen) atoms. The maximum absolute atomic E-state index is 3.66. The molecule has 1 aliphatic heterocycles. The fourth-order valence-corrected chi connectivity index (χ4v) is 3.55. The van der Waals surface area contributed by atoms with Gasteiger partial charge in [-0.05, 0) is 58.6 Å². The Hall–Kier alpha value is -0.840. The first-order valence-corrected chi connectivity index (χ1v) is 9.27. The van der Waals surface area contributed by atoms with Crippen LogP contribution >= 0.6 is 31.9 Å². The maximum atomic E-state index is 3.66. The monoisotopic (exact) mass is 422 g/mol. The summed E-state index contributed by atoms with van der Waals surface area (Å²) in [6, 6.07) is 17.6. The third-order valence-electron chi connectivity index (χ3n) is 4.14. The predicted octanol–water partition coefficient (Wildman–Crippen LogP) is 5.29. The molecular weight excluding hydrogens is 404 g/mol. The topological polar surface area (TPSA) is 15.3 Å². The second-order valence-electron chi connectivity index (χ2n) is 5.80. The average Bonchev–Trinajstić information content (AvgIpc) is 2.54. The Kier molecular flexibility index (Phi) is 5.55. The van der Waals surface area contributed by atoms with Gasteiger partial charge in [-0.2, -0.15) is 0 Å². The van der Waals surface area contributed by atoms with Crippen LogP contribution in [0.3, 0.4) is 0 Å². The van der Waals surface area contributed by atoms with Gasteiger partial charge in [-0.25, -0.2) is 0 Å². The van der Waals surface area contributed by atoms with Crippen LogP contribution in [0.4, 0.5) is 5.69 Å². The highest BCUT2D eigenvalue weighted by Gasteiger charge is 2.19. The van der Waals surface area contributed by atoms with E-state index >= 15 is 0 Å². The molecule has 0 aromatic heterocycles. The molecule has 0 amide bonds. The minimum Gasteiger partial charge on any atom is -0.381 e. The number of benzene rings is 2. The van der Waals surface area contributed by atoms with Crippen LogP contribution in [0.25, 0.3) is 0 Å². The molecular formula is C18H20Br2N2. The van der Waals surface area contributed by atoms with Crippen molar-refractivity contribution in [2.24, 2.45) is 0 Å². The van der Waals surface area contributed by atoms with E-state index in [1.807, 2.05) is 0 Å². The first-order chi connectivity index (χ1) is 10.7. The van der Waals surface area contributed by atoms with Crippen LogP contribution in [-0.4, -0.2) is 24.0 Å². The molecule has 1 N–H and O–H groups in total. The van der Waals surface area contributed by atoms with E-state index in [0.717, 1.165) is 28.6 Å². The second-order valence-corrected chi connectivity index (χ2v) is 7.57. The average molecular weight is 424 g/mol. The molecule has 1 saturated heterocycles. The van der Waals surface area contributed by atoms with Crippen molar-refractivity contribution < 1.29 is 0 Å². The highest BCUT2D eigenvalue weighted by molar-refractivity contribution is 9.10. The summed E-state index contributed by atoms with van der Waals surface area (Å²) in [4.78, 5) is 2.54. The molecule has 1 heterocycles. The number of halogens is 2. The summed E-state index contributed by atoms with van der Waals surface area (Å²) in [7, 11) is 0. The Morgan fingerprint density at radius 1 is 0.955 bits per heavy atom. The van der Waals surface area contributed by atoms with Gasteiger partial charge in [0.15, 0.2) is 0 Å². The van der Waals surface area contributed by atoms with Crippen LogP contribution in [0.2, 0.25) is 0 Å². The van der Waals surface area contributed by atoms with Crippen molar-refractivity contribution in [3.63, 3.8) is 0 Å². The van der Waals surface area contributed by atoms with E-state index in [-0.39, 0.29) is 0 Å². The molecule has 0 spiro atoms. The molecule has 3 rings (SSSR count). The van der Waals surface area contributed by atoms with Gasteiger partial charge in [-0.3, -0.25) is 4.90 Å². The Labute approximate surface area is 149 Å². The maximum Gasteiger partial charge on any atom is 0.0486 e. The molecule has 0 radical (unpaired) electrons. The van der Waals surface area contributed by atoms with Crippen molar-refractivity contribution in [2.45, 2.75) is 25.4 Å². The van der Waals surface area contributed by atoms with Crippen molar-refractivity contribution >= 4 is 37.5 Å². The van der Waals surface area contributed by atoms with Crippen molar-refractivity contribution in [1.29, 1.82) is 0 Å². The van der Waals surface area contributed by atoms with Gasteiger partial charge in [-0.1, -0.05) is 40.2 Å². The quantitative estimate of drug-likeness (QED) is 0.718. The molecule has 0 aliphatic carbocycles. The summed E-state index contributed by atoms with van der Waals surface area (Å²) in [5.41, 5.74) is 2.59. The molecule has 0 bridgehead atoms. The lowest BCUT2D eigenvalue weighted by molar-refractivity contribution is 0.211. The van der Waals surface area contributed by atoms with Gasteiger partial charge in [0.05, 0.1) is 0 Å². The minimum absolute atomic E-state index is 0.569. The standard InChI is InChI=1S/C18H20Br2N2/c19-15-7-5-14(6-8-15)13-22-11-9-16(10-12-22)21-18-4-2-1-3-17(18)20/h1-8,16,21H,9-13H2. The van der Waals surface area contributed by atoms with Gasteiger partial charge in [0.25, 0.3) is 0 Å². The third-order valence-corrected chi connectivity index (χ3v) is 5.36. The first kappa shape index (κ1) is 16.0. The van der Waals surface area contributed by atoms with E-state index < -0.39 is 0 Å². The second kappa shape index (κ2) is 7.62. The van der Waals surface area contributed by atoms with Gasteiger partial charge >= 0.3 is 0 Å². The van der Waals surface area contributed by atoms with Crippen LogP contribution in [-0.2, 0) is 6.54 Å². The predicted molar refractivity (Wildman–Crippen MR) is 100 cm³/mol. The first-order valence-electron chi connectivity index (χ1n) is 7.68. The number of nitrogens with one attached hydrogen (secondary N) is 1. The van der Waals surface area contributed by atoms with E-state index in [0.29, 0.717) is 6.04 Å². The summed E-state index contributed by atoms with van der Waals surface area (Å²) in [6.07, 6.45) is 2.38. The molecule has 0 unspecified atom stereocenters. The molecule has 116 valence electrons. The lowest BCUT2D eigenvalue weighted by Crippen LogP contribution is -2.38. The number of hydrogen-bond donors (Lipinski definition) is 1. The molecule has 1 fully saturated rings. The number of nitrogens with zero attached hydrogens (tertiary/aromatic N) is 1. The Morgan fingerprint density at radius 2 is 1.64 bits per heavy atom. The normalized spacial score (nSPS) is 16.6. The van der Waals surface area contributed by atoms with Crippen molar-refractivity contribution in [3.8, 4) is 0 Å². The van der Waals surface area contributed by atoms with Gasteiger partial charge < -0.3 is 5.32 Å².